The van der Waals surface area contributed by atoms with Gasteiger partial charge < -0.3 is 5.11 Å². The van der Waals surface area contributed by atoms with Crippen LogP contribution in [0.15, 0.2) is 23.8 Å². The van der Waals surface area contributed by atoms with E-state index in [4.69, 9.17) is 0 Å². The molecule has 0 aliphatic heterocycles. The minimum absolute atomic E-state index is 0.208. The lowest BCUT2D eigenvalue weighted by molar-refractivity contribution is 0.230. The van der Waals surface area contributed by atoms with Crippen molar-refractivity contribution in [3.05, 3.63) is 23.8 Å². The van der Waals surface area contributed by atoms with E-state index >= 15 is 0 Å². The first-order chi connectivity index (χ1) is 5.99. The van der Waals surface area contributed by atoms with Gasteiger partial charge in [0.25, 0.3) is 0 Å². The summed E-state index contributed by atoms with van der Waals surface area (Å²) in [6.07, 6.45) is 14.9. The fourth-order valence-corrected chi connectivity index (χ4v) is 2.64. The molecule has 0 spiro atoms. The van der Waals surface area contributed by atoms with Gasteiger partial charge in [0, 0.05) is 5.75 Å². The van der Waals surface area contributed by atoms with Crippen LogP contribution in [0.4, 0.5) is 0 Å². The Kier molecular flexibility index (Phi) is 3.63. The molecular weight excluding hydrogens is 180 g/mol. The zero-order chi connectivity index (χ0) is 9.90. The van der Waals surface area contributed by atoms with E-state index < -0.39 is 10.0 Å². The molecule has 0 saturated carbocycles. The minimum Gasteiger partial charge on any atom is -0.388 e. The summed E-state index contributed by atoms with van der Waals surface area (Å²) in [6, 6.07) is 0. The summed E-state index contributed by atoms with van der Waals surface area (Å²) in [5.74, 6) is 0.937. The lowest BCUT2D eigenvalue weighted by Crippen LogP contribution is -2.20. The molecule has 13 heavy (non-hydrogen) atoms. The van der Waals surface area contributed by atoms with Crippen molar-refractivity contribution in [2.75, 3.05) is 24.5 Å². The quantitative estimate of drug-likeness (QED) is 0.741. The number of aliphatic hydroxyl groups is 1. The maximum absolute atomic E-state index is 9.93. The van der Waals surface area contributed by atoms with Gasteiger partial charge in [0.05, 0.1) is 6.10 Å². The highest BCUT2D eigenvalue weighted by Gasteiger charge is 2.16. The van der Waals surface area contributed by atoms with Gasteiger partial charge >= 0.3 is 0 Å². The maximum atomic E-state index is 9.93. The molecule has 1 unspecified atom stereocenters. The Hall–Kier alpha value is -0.210. The fraction of sp³-hybridized carbons (Fsp3) is 0.636. The van der Waals surface area contributed by atoms with Crippen molar-refractivity contribution in [2.45, 2.75) is 18.9 Å². The Labute approximate surface area is 82.9 Å². The Balaban J connectivity index is 2.52. The number of hydrogen-bond donors (Lipinski definition) is 1. The molecule has 0 amide bonds. The van der Waals surface area contributed by atoms with Crippen LogP contribution in [0.3, 0.4) is 0 Å². The monoisotopic (exact) mass is 200 g/mol. The summed E-state index contributed by atoms with van der Waals surface area (Å²) in [5.41, 5.74) is 1.21. The minimum atomic E-state index is -0.588. The van der Waals surface area contributed by atoms with E-state index in [1.807, 2.05) is 0 Å². The molecule has 0 aromatic rings. The van der Waals surface area contributed by atoms with E-state index in [1.165, 1.54) is 5.57 Å². The van der Waals surface area contributed by atoms with Crippen molar-refractivity contribution in [2.24, 2.45) is 0 Å². The van der Waals surface area contributed by atoms with Crippen LogP contribution >= 0.6 is 10.0 Å². The van der Waals surface area contributed by atoms with Crippen LogP contribution in [0.2, 0.25) is 0 Å². The van der Waals surface area contributed by atoms with Gasteiger partial charge in [0.1, 0.15) is 0 Å². The second-order valence-corrected chi connectivity index (χ2v) is 9.00. The first-order valence-electron chi connectivity index (χ1n) is 4.69. The van der Waals surface area contributed by atoms with E-state index in [0.29, 0.717) is 0 Å². The molecule has 1 N–H and O–H groups in total. The molecule has 0 heterocycles. The third-order valence-corrected chi connectivity index (χ3v) is 3.45. The third kappa shape index (κ3) is 4.01. The van der Waals surface area contributed by atoms with Gasteiger partial charge in [0.15, 0.2) is 0 Å². The van der Waals surface area contributed by atoms with Crippen molar-refractivity contribution in [1.29, 1.82) is 0 Å². The zero-order valence-corrected chi connectivity index (χ0v) is 9.60. The number of hydrogen-bond acceptors (Lipinski definition) is 1. The topological polar surface area (TPSA) is 20.2 Å². The smallest absolute Gasteiger partial charge is 0.0828 e. The largest absolute Gasteiger partial charge is 0.388 e. The average molecular weight is 200 g/mol. The van der Waals surface area contributed by atoms with Crippen LogP contribution < -0.4 is 0 Å². The highest BCUT2D eigenvalue weighted by atomic mass is 32.3. The standard InChI is InChI=1S/C11H20OS/c1-13(2,3)9-11(12)10-7-5-4-6-8-10/h4-5,7,11-12H,6,8-9H2,1-3H3. The Bertz CT molecular complexity index is 223. The van der Waals surface area contributed by atoms with E-state index in [0.717, 1.165) is 18.6 Å². The maximum Gasteiger partial charge on any atom is 0.0828 e. The third-order valence-electron chi connectivity index (χ3n) is 2.13. The summed E-state index contributed by atoms with van der Waals surface area (Å²) < 4.78 is 0. The van der Waals surface area contributed by atoms with Gasteiger partial charge in [-0.15, -0.1) is 0 Å². The van der Waals surface area contributed by atoms with Crippen molar-refractivity contribution >= 4 is 10.0 Å². The molecular formula is C11H20OS. The van der Waals surface area contributed by atoms with Crippen LogP contribution in [0.25, 0.3) is 0 Å². The number of aliphatic hydroxyl groups excluding tert-OH is 1. The van der Waals surface area contributed by atoms with Crippen LogP contribution in [-0.4, -0.2) is 35.7 Å². The summed E-state index contributed by atoms with van der Waals surface area (Å²) in [7, 11) is -0.588. The van der Waals surface area contributed by atoms with E-state index in [-0.39, 0.29) is 6.10 Å². The highest BCUT2D eigenvalue weighted by Crippen LogP contribution is 2.37. The highest BCUT2D eigenvalue weighted by molar-refractivity contribution is 8.32. The normalized spacial score (nSPS) is 21.1. The van der Waals surface area contributed by atoms with Crippen LogP contribution in [-0.2, 0) is 0 Å². The van der Waals surface area contributed by atoms with Gasteiger partial charge in [-0.3, -0.25) is 0 Å². The molecule has 1 atom stereocenters. The average Bonchev–Trinajstić information content (AvgIpc) is 2.03. The van der Waals surface area contributed by atoms with Gasteiger partial charge in [-0.2, -0.15) is 0 Å². The van der Waals surface area contributed by atoms with Crippen molar-refractivity contribution < 1.29 is 5.11 Å². The molecule has 0 radical (unpaired) electrons. The second-order valence-electron chi connectivity index (χ2n) is 4.48. The molecule has 0 bridgehead atoms. The molecule has 0 aromatic carbocycles. The fourth-order valence-electron chi connectivity index (χ4n) is 1.48. The molecule has 1 rings (SSSR count). The molecule has 1 aliphatic carbocycles. The molecule has 76 valence electrons. The summed E-state index contributed by atoms with van der Waals surface area (Å²) >= 11 is 0. The zero-order valence-electron chi connectivity index (χ0n) is 8.79. The molecule has 1 nitrogen and oxygen atoms in total. The van der Waals surface area contributed by atoms with Crippen LogP contribution in [0.5, 0.6) is 0 Å². The van der Waals surface area contributed by atoms with Crippen LogP contribution in [0.1, 0.15) is 12.8 Å². The Morgan fingerprint density at radius 1 is 1.46 bits per heavy atom. The number of rotatable bonds is 3. The van der Waals surface area contributed by atoms with Gasteiger partial charge in [-0.05, 0) is 37.2 Å². The summed E-state index contributed by atoms with van der Waals surface area (Å²) in [4.78, 5) is 0. The van der Waals surface area contributed by atoms with Crippen molar-refractivity contribution in [3.63, 3.8) is 0 Å². The summed E-state index contributed by atoms with van der Waals surface area (Å²) in [6.45, 7) is 0. The van der Waals surface area contributed by atoms with Crippen molar-refractivity contribution in [1.82, 2.24) is 0 Å². The molecule has 0 aromatic heterocycles. The lowest BCUT2D eigenvalue weighted by atomic mass is 10.0. The first kappa shape index (κ1) is 10.9. The summed E-state index contributed by atoms with van der Waals surface area (Å²) in [5, 5.41) is 9.93. The van der Waals surface area contributed by atoms with Gasteiger partial charge in [-0.25, -0.2) is 10.0 Å². The van der Waals surface area contributed by atoms with Crippen molar-refractivity contribution in [3.8, 4) is 0 Å². The van der Waals surface area contributed by atoms with Gasteiger partial charge in [0.2, 0.25) is 0 Å². The lowest BCUT2D eigenvalue weighted by Gasteiger charge is -2.29. The Morgan fingerprint density at radius 2 is 2.15 bits per heavy atom. The molecule has 0 saturated heterocycles. The van der Waals surface area contributed by atoms with E-state index in [1.54, 1.807) is 0 Å². The van der Waals surface area contributed by atoms with Gasteiger partial charge in [-0.1, -0.05) is 18.2 Å². The van der Waals surface area contributed by atoms with E-state index in [2.05, 4.69) is 37.0 Å². The molecule has 2 heteroatoms. The second kappa shape index (κ2) is 4.34. The molecule has 0 fully saturated rings. The Morgan fingerprint density at radius 3 is 2.62 bits per heavy atom. The predicted octanol–water partition coefficient (Wildman–Crippen LogP) is 2.32. The van der Waals surface area contributed by atoms with Crippen LogP contribution in [0, 0.1) is 0 Å². The predicted molar refractivity (Wildman–Crippen MR) is 62.7 cm³/mol. The number of allylic oxidation sites excluding steroid dienone is 3. The first-order valence-corrected chi connectivity index (χ1v) is 7.71. The SMILES string of the molecule is CS(C)(C)CC(O)C1=CC=CCC1. The van der Waals surface area contributed by atoms with E-state index in [9.17, 15) is 5.11 Å². The molecule has 1 aliphatic rings.